The van der Waals surface area contributed by atoms with Crippen molar-refractivity contribution in [2.75, 3.05) is 0 Å². The van der Waals surface area contributed by atoms with E-state index in [1.54, 1.807) is 0 Å². The fraction of sp³-hybridized carbons (Fsp3) is 0.467. The summed E-state index contributed by atoms with van der Waals surface area (Å²) < 4.78 is 1.09. The number of primary amides is 1. The maximum absolute atomic E-state index is 11.9. The summed E-state index contributed by atoms with van der Waals surface area (Å²) in [5.74, 6) is -0.981. The third kappa shape index (κ3) is 6.43. The lowest BCUT2D eigenvalue weighted by Crippen LogP contribution is -2.49. The summed E-state index contributed by atoms with van der Waals surface area (Å²) in [5.41, 5.74) is 6.23. The van der Waals surface area contributed by atoms with Gasteiger partial charge in [-0.3, -0.25) is 9.59 Å². The molecule has 1 aromatic rings. The van der Waals surface area contributed by atoms with Crippen molar-refractivity contribution in [3.63, 3.8) is 0 Å². The van der Waals surface area contributed by atoms with E-state index in [0.717, 1.165) is 9.13 Å². The van der Waals surface area contributed by atoms with Crippen LogP contribution in [0.3, 0.4) is 0 Å². The van der Waals surface area contributed by atoms with E-state index >= 15 is 0 Å². The molecule has 0 radical (unpaired) electrons. The Morgan fingerprint density at radius 2 is 1.86 bits per heavy atom. The van der Waals surface area contributed by atoms with Crippen molar-refractivity contribution < 1.29 is 14.7 Å². The van der Waals surface area contributed by atoms with Crippen LogP contribution in [0.25, 0.3) is 0 Å². The molecule has 1 rings (SSSR count). The quantitative estimate of drug-likeness (QED) is 0.597. The number of amides is 2. The van der Waals surface area contributed by atoms with Crippen LogP contribution < -0.4 is 11.1 Å². The summed E-state index contributed by atoms with van der Waals surface area (Å²) in [6.07, 6.45) is -0.462. The Hall–Kier alpha value is -1.15. The fourth-order valence-electron chi connectivity index (χ4n) is 1.90. The summed E-state index contributed by atoms with van der Waals surface area (Å²) >= 11 is 2.19. The number of hydrogen-bond donors (Lipinski definition) is 3. The highest BCUT2D eigenvalue weighted by atomic mass is 127. The average Bonchev–Trinajstić information content (AvgIpc) is 2.39. The van der Waals surface area contributed by atoms with E-state index in [1.165, 1.54) is 0 Å². The van der Waals surface area contributed by atoms with Crippen molar-refractivity contribution in [1.82, 2.24) is 5.32 Å². The highest BCUT2D eigenvalue weighted by Gasteiger charge is 2.23. The van der Waals surface area contributed by atoms with Crippen LogP contribution in [-0.2, 0) is 16.0 Å². The molecular weight excluding hydrogens is 383 g/mol. The normalized spacial score (nSPS) is 13.8. The molecule has 0 fully saturated rings. The van der Waals surface area contributed by atoms with Gasteiger partial charge in [-0.2, -0.15) is 0 Å². The molecule has 0 heterocycles. The second-order valence-corrected chi connectivity index (χ2v) is 6.69. The molecule has 21 heavy (non-hydrogen) atoms. The molecule has 0 aliphatic heterocycles. The van der Waals surface area contributed by atoms with Gasteiger partial charge in [0, 0.05) is 9.99 Å². The monoisotopic (exact) mass is 404 g/mol. The van der Waals surface area contributed by atoms with Gasteiger partial charge in [0.05, 0.1) is 0 Å². The van der Waals surface area contributed by atoms with Gasteiger partial charge in [-0.15, -0.1) is 0 Å². The molecule has 6 heteroatoms. The van der Waals surface area contributed by atoms with E-state index in [-0.39, 0.29) is 5.92 Å². The van der Waals surface area contributed by atoms with E-state index in [2.05, 4.69) is 27.9 Å². The van der Waals surface area contributed by atoms with Gasteiger partial charge in [0.2, 0.25) is 11.8 Å². The molecule has 0 aliphatic carbocycles. The van der Waals surface area contributed by atoms with Crippen LogP contribution in [0.15, 0.2) is 24.3 Å². The Morgan fingerprint density at radius 3 is 2.33 bits per heavy atom. The molecule has 2 amide bonds. The molecule has 0 spiro atoms. The Balaban J connectivity index is 2.67. The van der Waals surface area contributed by atoms with Crippen LogP contribution in [0, 0.1) is 9.49 Å². The van der Waals surface area contributed by atoms with Crippen LogP contribution in [0.2, 0.25) is 0 Å². The van der Waals surface area contributed by atoms with Crippen LogP contribution in [0.4, 0.5) is 0 Å². The molecular formula is C15H21IN2O3. The highest BCUT2D eigenvalue weighted by molar-refractivity contribution is 14.1. The first-order valence-corrected chi connectivity index (χ1v) is 7.89. The van der Waals surface area contributed by atoms with E-state index in [9.17, 15) is 14.7 Å². The topological polar surface area (TPSA) is 92.4 Å². The van der Waals surface area contributed by atoms with Crippen molar-refractivity contribution in [3.05, 3.63) is 33.4 Å². The third-order valence-electron chi connectivity index (χ3n) is 3.01. The van der Waals surface area contributed by atoms with E-state index < -0.39 is 24.0 Å². The number of aliphatic hydroxyl groups is 1. The van der Waals surface area contributed by atoms with Crippen molar-refractivity contribution in [3.8, 4) is 0 Å². The number of halogens is 1. The van der Waals surface area contributed by atoms with Gasteiger partial charge in [0.1, 0.15) is 12.1 Å². The van der Waals surface area contributed by atoms with Crippen molar-refractivity contribution in [1.29, 1.82) is 0 Å². The number of carbonyl (C=O) groups is 2. The summed E-state index contributed by atoms with van der Waals surface area (Å²) in [5, 5.41) is 12.3. The van der Waals surface area contributed by atoms with Gasteiger partial charge in [-0.1, -0.05) is 26.0 Å². The number of nitrogens with two attached hydrogens (primary N) is 1. The molecule has 0 aromatic heterocycles. The van der Waals surface area contributed by atoms with Gasteiger partial charge >= 0.3 is 0 Å². The minimum atomic E-state index is -1.12. The number of rotatable bonds is 7. The second kappa shape index (κ2) is 8.33. The molecule has 2 atom stereocenters. The summed E-state index contributed by atoms with van der Waals surface area (Å²) in [4.78, 5) is 23.3. The van der Waals surface area contributed by atoms with Crippen molar-refractivity contribution in [2.45, 2.75) is 38.8 Å². The number of benzene rings is 1. The van der Waals surface area contributed by atoms with Gasteiger partial charge in [0.25, 0.3) is 0 Å². The molecule has 0 unspecified atom stereocenters. The number of carbonyl (C=O) groups excluding carboxylic acids is 2. The first-order valence-electron chi connectivity index (χ1n) is 6.81. The lowest BCUT2D eigenvalue weighted by molar-refractivity contribution is -0.133. The first-order chi connectivity index (χ1) is 9.79. The van der Waals surface area contributed by atoms with Crippen LogP contribution >= 0.6 is 22.6 Å². The van der Waals surface area contributed by atoms with Gasteiger partial charge < -0.3 is 16.2 Å². The van der Waals surface area contributed by atoms with E-state index in [1.807, 2.05) is 38.1 Å². The predicted molar refractivity (Wildman–Crippen MR) is 89.4 cm³/mol. The molecule has 0 saturated heterocycles. The molecule has 0 aliphatic rings. The molecule has 0 bridgehead atoms. The van der Waals surface area contributed by atoms with Gasteiger partial charge in [-0.25, -0.2) is 0 Å². The van der Waals surface area contributed by atoms with Gasteiger partial charge in [-0.05, 0) is 52.6 Å². The molecule has 0 saturated carbocycles. The maximum Gasteiger partial charge on any atom is 0.249 e. The lowest BCUT2D eigenvalue weighted by Gasteiger charge is -2.19. The average molecular weight is 404 g/mol. The number of nitrogens with one attached hydrogen (secondary N) is 1. The lowest BCUT2D eigenvalue weighted by atomic mass is 10.0. The summed E-state index contributed by atoms with van der Waals surface area (Å²) in [6.45, 7) is 3.82. The zero-order chi connectivity index (χ0) is 16.0. The minimum Gasteiger partial charge on any atom is -0.383 e. The summed E-state index contributed by atoms with van der Waals surface area (Å²) in [6, 6.07) is 6.79. The molecule has 4 N–H and O–H groups in total. The smallest absolute Gasteiger partial charge is 0.249 e. The Morgan fingerprint density at radius 1 is 1.29 bits per heavy atom. The predicted octanol–water partition coefficient (Wildman–Crippen LogP) is 1.21. The van der Waals surface area contributed by atoms with Crippen molar-refractivity contribution in [2.24, 2.45) is 11.7 Å². The zero-order valence-corrected chi connectivity index (χ0v) is 14.3. The Kier molecular flexibility index (Phi) is 7.10. The van der Waals surface area contributed by atoms with Crippen LogP contribution in [-0.4, -0.2) is 29.1 Å². The van der Waals surface area contributed by atoms with Gasteiger partial charge in [0.15, 0.2) is 0 Å². The summed E-state index contributed by atoms with van der Waals surface area (Å²) in [7, 11) is 0. The number of aliphatic hydroxyl groups excluding tert-OH is 1. The SMILES string of the molecule is CC(C)C[C@@H](O)C(=O)N[C@H](Cc1ccc(I)cc1)C(N)=O. The van der Waals surface area contributed by atoms with E-state index in [4.69, 9.17) is 5.73 Å². The van der Waals surface area contributed by atoms with Crippen LogP contribution in [0.5, 0.6) is 0 Å². The van der Waals surface area contributed by atoms with Crippen LogP contribution in [0.1, 0.15) is 25.8 Å². The minimum absolute atomic E-state index is 0.189. The largest absolute Gasteiger partial charge is 0.383 e. The standard InChI is InChI=1S/C15H21IN2O3/c1-9(2)7-13(19)15(21)18-12(14(17)20)8-10-3-5-11(16)6-4-10/h3-6,9,12-13,19H,7-8H2,1-2H3,(H2,17,20)(H,18,21)/t12-,13-/m1/s1. The highest BCUT2D eigenvalue weighted by Crippen LogP contribution is 2.10. The molecule has 5 nitrogen and oxygen atoms in total. The number of hydrogen-bond acceptors (Lipinski definition) is 3. The van der Waals surface area contributed by atoms with Crippen molar-refractivity contribution >= 4 is 34.4 Å². The Bertz CT molecular complexity index is 488. The fourth-order valence-corrected chi connectivity index (χ4v) is 2.26. The molecule has 116 valence electrons. The molecule has 1 aromatic carbocycles. The second-order valence-electron chi connectivity index (χ2n) is 5.44. The zero-order valence-electron chi connectivity index (χ0n) is 12.2. The Labute approximate surface area is 138 Å². The maximum atomic E-state index is 11.9. The third-order valence-corrected chi connectivity index (χ3v) is 3.73. The first kappa shape index (κ1) is 17.9. The van der Waals surface area contributed by atoms with E-state index in [0.29, 0.717) is 12.8 Å².